The molecule has 5 heteroatoms. The minimum Gasteiger partial charge on any atom is -0.543 e. The van der Waals surface area contributed by atoms with E-state index in [4.69, 9.17) is 8.23 Å². The molecular weight excluding hydrogens is 140 g/mol. The molecule has 0 spiro atoms. The van der Waals surface area contributed by atoms with Gasteiger partial charge < -0.3 is 8.23 Å². The quantitative estimate of drug-likeness (QED) is 0.448. The van der Waals surface area contributed by atoms with Crippen LogP contribution in [-0.4, -0.2) is 23.7 Å². The Balaban J connectivity index is 2.42. The van der Waals surface area contributed by atoms with Gasteiger partial charge >= 0.3 is 18.2 Å². The van der Waals surface area contributed by atoms with Crippen molar-refractivity contribution in [2.75, 3.05) is 0 Å². The predicted molar refractivity (Wildman–Crippen MR) is 31.0 cm³/mol. The summed E-state index contributed by atoms with van der Waals surface area (Å²) in [7, 11) is -3.07. The van der Waals surface area contributed by atoms with Crippen LogP contribution in [0.2, 0.25) is 0 Å². The van der Waals surface area contributed by atoms with Crippen LogP contribution in [0.5, 0.6) is 0 Å². The molecule has 0 unspecified atom stereocenters. The van der Waals surface area contributed by atoms with Gasteiger partial charge in [-0.25, -0.2) is 4.79 Å². The molecule has 0 atom stereocenters. The lowest BCUT2D eigenvalue weighted by Gasteiger charge is -2.24. The van der Waals surface area contributed by atoms with Crippen LogP contribution >= 0.6 is 0 Å². The van der Waals surface area contributed by atoms with Crippen molar-refractivity contribution in [3.05, 3.63) is 12.3 Å². The van der Waals surface area contributed by atoms with E-state index in [0.29, 0.717) is 0 Å². The summed E-state index contributed by atoms with van der Waals surface area (Å²) < 4.78 is 9.83. The first kappa shape index (κ1) is 5.49. The standard InChI is InChI=1S/C3H4O3Si2/c1-2-7-5-8(3-4)6-7/h2,7H,1H2. The molecule has 0 aliphatic carbocycles. The zero-order valence-electron chi connectivity index (χ0n) is 4.09. The van der Waals surface area contributed by atoms with Crippen LogP contribution in [-0.2, 0) is 13.0 Å². The minimum absolute atomic E-state index is 1.51. The van der Waals surface area contributed by atoms with Gasteiger partial charge in [0.05, 0.1) is 0 Å². The van der Waals surface area contributed by atoms with Crippen molar-refractivity contribution >= 4 is 23.7 Å². The van der Waals surface area contributed by atoms with E-state index in [1.165, 1.54) is 0 Å². The van der Waals surface area contributed by atoms with Crippen LogP contribution in [0.25, 0.3) is 0 Å². The normalized spacial score (nSPS) is 24.0. The molecule has 1 fully saturated rings. The molecule has 1 heterocycles. The van der Waals surface area contributed by atoms with Crippen molar-refractivity contribution < 1.29 is 13.0 Å². The van der Waals surface area contributed by atoms with E-state index in [0.717, 1.165) is 0 Å². The summed E-state index contributed by atoms with van der Waals surface area (Å²) in [5.41, 5.74) is 3.29. The molecule has 0 bridgehead atoms. The third kappa shape index (κ3) is 0.787. The summed E-state index contributed by atoms with van der Waals surface area (Å²) in [4.78, 5) is 9.71. The molecule has 3 nitrogen and oxygen atoms in total. The maximum absolute atomic E-state index is 9.71. The van der Waals surface area contributed by atoms with Crippen molar-refractivity contribution in [3.63, 3.8) is 0 Å². The average Bonchev–Trinajstić information content (AvgIpc) is 1.65. The highest BCUT2D eigenvalue weighted by Crippen LogP contribution is 2.01. The van der Waals surface area contributed by atoms with E-state index < -0.39 is 18.2 Å². The highest BCUT2D eigenvalue weighted by atomic mass is 28.5. The zero-order chi connectivity index (χ0) is 5.98. The van der Waals surface area contributed by atoms with Crippen LogP contribution < -0.4 is 0 Å². The Morgan fingerprint density at radius 3 is 2.75 bits per heavy atom. The van der Waals surface area contributed by atoms with Crippen LogP contribution in [0, 0.1) is 0 Å². The molecule has 42 valence electrons. The number of hydrogen-bond acceptors (Lipinski definition) is 3. The molecule has 0 amide bonds. The predicted octanol–water partition coefficient (Wildman–Crippen LogP) is -0.884. The van der Waals surface area contributed by atoms with Crippen molar-refractivity contribution in [2.45, 2.75) is 0 Å². The summed E-state index contributed by atoms with van der Waals surface area (Å²) in [6, 6.07) is 0. The fraction of sp³-hybridized carbons (Fsp3) is 0. The monoisotopic (exact) mass is 144 g/mol. The Morgan fingerprint density at radius 1 is 1.75 bits per heavy atom. The highest BCUT2D eigenvalue weighted by molar-refractivity contribution is 6.77. The van der Waals surface area contributed by atoms with E-state index in [1.54, 1.807) is 11.2 Å². The summed E-state index contributed by atoms with van der Waals surface area (Å²) in [5, 5.41) is 0. The van der Waals surface area contributed by atoms with Crippen molar-refractivity contribution in [1.29, 1.82) is 0 Å². The van der Waals surface area contributed by atoms with Crippen LogP contribution in [0.15, 0.2) is 12.3 Å². The van der Waals surface area contributed by atoms with Crippen LogP contribution in [0.3, 0.4) is 0 Å². The van der Waals surface area contributed by atoms with Crippen molar-refractivity contribution in [1.82, 2.24) is 0 Å². The smallest absolute Gasteiger partial charge is 0.543 e. The van der Waals surface area contributed by atoms with Gasteiger partial charge in [0.2, 0.25) is 0 Å². The molecule has 0 N–H and O–H groups in total. The van der Waals surface area contributed by atoms with Crippen LogP contribution in [0.1, 0.15) is 0 Å². The van der Waals surface area contributed by atoms with E-state index >= 15 is 0 Å². The Hall–Kier alpha value is -0.646. The molecule has 1 saturated heterocycles. The second kappa shape index (κ2) is 2.08. The Bertz CT molecular complexity index is 152. The third-order valence-corrected chi connectivity index (χ3v) is 4.84. The van der Waals surface area contributed by atoms with E-state index in [-0.39, 0.29) is 0 Å². The maximum atomic E-state index is 9.71. The first-order chi connectivity index (χ1) is 3.86. The summed E-state index contributed by atoms with van der Waals surface area (Å²) >= 11 is 0. The number of hydrogen-bond donors (Lipinski definition) is 0. The molecule has 1 rings (SSSR count). The number of carbonyl (C=O) groups excluding carboxylic acids is 1. The minimum atomic E-state index is -1.56. The molecule has 0 aromatic carbocycles. The second-order valence-electron chi connectivity index (χ2n) is 1.23. The first-order valence-electron chi connectivity index (χ1n) is 2.08. The Morgan fingerprint density at radius 2 is 2.38 bits per heavy atom. The molecule has 0 aromatic rings. The van der Waals surface area contributed by atoms with Gasteiger partial charge in [0, 0.05) is 0 Å². The lowest BCUT2D eigenvalue weighted by Crippen LogP contribution is -2.42. The third-order valence-electron chi connectivity index (χ3n) is 0.722. The van der Waals surface area contributed by atoms with Gasteiger partial charge in [-0.05, 0) is 5.70 Å². The Kier molecular flexibility index (Phi) is 1.43. The number of rotatable bonds is 1. The molecule has 0 aromatic heterocycles. The summed E-state index contributed by atoms with van der Waals surface area (Å²) in [6.07, 6.45) is 0. The largest absolute Gasteiger partial charge is 0.559 e. The van der Waals surface area contributed by atoms with E-state index in [1.807, 2.05) is 0 Å². The van der Waals surface area contributed by atoms with Gasteiger partial charge in [-0.3, -0.25) is 0 Å². The van der Waals surface area contributed by atoms with Gasteiger partial charge in [0.25, 0.3) is 0 Å². The molecule has 0 radical (unpaired) electrons. The maximum Gasteiger partial charge on any atom is 0.559 e. The fourth-order valence-corrected chi connectivity index (χ4v) is 3.28. The SMILES string of the molecule is C=C[SiH]1O[Si](=C=O)O1. The lowest BCUT2D eigenvalue weighted by atomic mass is 11.3. The van der Waals surface area contributed by atoms with Crippen molar-refractivity contribution in [3.8, 4) is 0 Å². The van der Waals surface area contributed by atoms with Gasteiger partial charge in [-0.2, -0.15) is 0 Å². The lowest BCUT2D eigenvalue weighted by molar-refractivity contribution is 0.317. The van der Waals surface area contributed by atoms with Crippen LogP contribution in [0.4, 0.5) is 0 Å². The molecule has 1 aliphatic rings. The second-order valence-corrected chi connectivity index (χ2v) is 5.10. The first-order valence-corrected chi connectivity index (χ1v) is 5.00. The zero-order valence-corrected chi connectivity index (χ0v) is 6.24. The molecule has 1 aliphatic heterocycles. The van der Waals surface area contributed by atoms with Gasteiger partial charge in [-0.15, -0.1) is 6.58 Å². The van der Waals surface area contributed by atoms with Gasteiger partial charge in [0.15, 0.2) is 5.54 Å². The van der Waals surface area contributed by atoms with E-state index in [2.05, 4.69) is 6.58 Å². The molecule has 0 saturated carbocycles. The average molecular weight is 144 g/mol. The topological polar surface area (TPSA) is 35.5 Å². The van der Waals surface area contributed by atoms with E-state index in [9.17, 15) is 4.79 Å². The summed E-state index contributed by atoms with van der Waals surface area (Å²) in [5.74, 6) is 0. The van der Waals surface area contributed by atoms with Gasteiger partial charge in [0.1, 0.15) is 0 Å². The highest BCUT2D eigenvalue weighted by Gasteiger charge is 2.29. The summed E-state index contributed by atoms with van der Waals surface area (Å²) in [6.45, 7) is 3.45. The Labute approximate surface area is 49.9 Å². The fourth-order valence-electron chi connectivity index (χ4n) is 0.364. The van der Waals surface area contributed by atoms with Gasteiger partial charge in [-0.1, -0.05) is 0 Å². The molecular formula is C3H4O3Si2. The molecule has 8 heavy (non-hydrogen) atoms. The van der Waals surface area contributed by atoms with Crippen molar-refractivity contribution in [2.24, 2.45) is 0 Å².